The van der Waals surface area contributed by atoms with Gasteiger partial charge in [0.1, 0.15) is 44.0 Å². The fourth-order valence-corrected chi connectivity index (χ4v) is 9.86. The third-order valence-corrected chi connectivity index (χ3v) is 11.0. The van der Waals surface area contributed by atoms with Gasteiger partial charge in [-0.25, -0.2) is 0 Å². The molecule has 0 aliphatic heterocycles. The second kappa shape index (κ2) is 21.8. The minimum absolute atomic E-state index is 0. The van der Waals surface area contributed by atoms with E-state index < -0.39 is 150 Å². The number of hydrogen-bond donors (Lipinski definition) is 14. The summed E-state index contributed by atoms with van der Waals surface area (Å²) in [5, 5.41) is 0. The van der Waals surface area contributed by atoms with Gasteiger partial charge in [0.15, 0.2) is 0 Å². The van der Waals surface area contributed by atoms with Gasteiger partial charge in [0.05, 0.1) is 0 Å². The van der Waals surface area contributed by atoms with Crippen LogP contribution in [0.15, 0.2) is 0 Å². The summed E-state index contributed by atoms with van der Waals surface area (Å²) in [5.41, 5.74) is 0. The minimum Gasteiger partial charge on any atom is -0.324 e. The van der Waals surface area contributed by atoms with E-state index in [4.69, 9.17) is 0 Å². The topological polar surface area (TPSA) is 419 Å². The number of hydrogen-bond acceptors (Lipinski definition) is 12. The summed E-state index contributed by atoms with van der Waals surface area (Å²) in [6, 6.07) is 0. The molecule has 0 spiro atoms. The van der Waals surface area contributed by atoms with E-state index in [0.717, 1.165) is 14.7 Å². The van der Waals surface area contributed by atoms with Gasteiger partial charge in [0, 0.05) is 52.4 Å². The summed E-state index contributed by atoms with van der Waals surface area (Å²) in [4.78, 5) is 135. The van der Waals surface area contributed by atoms with Crippen LogP contribution in [0.25, 0.3) is 0 Å². The van der Waals surface area contributed by atoms with Crippen molar-refractivity contribution in [2.45, 2.75) is 0 Å². The molecule has 0 aromatic heterocycles. The summed E-state index contributed by atoms with van der Waals surface area (Å²) in [6.45, 7) is -3.65. The third-order valence-electron chi connectivity index (χ3n) is 5.62. The Morgan fingerprint density at radius 3 is 0.469 bits per heavy atom. The maximum Gasteiger partial charge on any atom is 1.00 e. The zero-order chi connectivity index (χ0) is 38.0. The molecule has 0 aromatic rings. The van der Waals surface area contributed by atoms with Crippen LogP contribution >= 0.6 is 53.2 Å². The van der Waals surface area contributed by atoms with Gasteiger partial charge in [0.2, 0.25) is 0 Å². The standard InChI is InChI=1S/C15H44N5O21P7.Na/c21-42(22,23)9-16(1-3-17(10-43(24,25)26)5-7-19(12-45(30,31)32)13-46(33,34)35)2-4-18(11-44(27,28)29)6-8-20(14-47(36,37)38)15-48(39,40)41;/h1-15H2,(H2,21,22,23)(H2,24,25,26)(H2,27,28,29)(H2,30,31,32)(H2,33,34,35)(H2,36,37,38)(H2,39,40,41);/q;+1. The first-order valence-electron chi connectivity index (χ1n) is 13.0. The molecule has 290 valence electrons. The number of rotatable bonds is 26. The van der Waals surface area contributed by atoms with Crippen LogP contribution in [0.5, 0.6) is 0 Å². The van der Waals surface area contributed by atoms with E-state index in [1.54, 1.807) is 0 Å². The van der Waals surface area contributed by atoms with Gasteiger partial charge in [-0.05, 0) is 0 Å². The van der Waals surface area contributed by atoms with E-state index in [1.165, 1.54) is 0 Å². The average Bonchev–Trinajstić information content (AvgIpc) is 2.75. The molecule has 0 unspecified atom stereocenters. The van der Waals surface area contributed by atoms with E-state index in [-0.39, 0.29) is 29.6 Å². The zero-order valence-electron chi connectivity index (χ0n) is 26.1. The summed E-state index contributed by atoms with van der Waals surface area (Å²) >= 11 is 0. The van der Waals surface area contributed by atoms with Crippen molar-refractivity contribution >= 4 is 53.2 Å². The predicted octanol–water partition coefficient (Wildman–Crippen LogP) is -6.55. The summed E-state index contributed by atoms with van der Waals surface area (Å²) in [7, 11) is -34.0. The van der Waals surface area contributed by atoms with Crippen LogP contribution in [-0.2, 0) is 32.0 Å². The Morgan fingerprint density at radius 1 is 0.245 bits per heavy atom. The monoisotopic (exact) mass is 870 g/mol. The first kappa shape index (κ1) is 53.0. The van der Waals surface area contributed by atoms with Gasteiger partial charge >= 0.3 is 82.7 Å². The van der Waals surface area contributed by atoms with Gasteiger partial charge in [-0.3, -0.25) is 56.5 Å². The average molecular weight is 870 g/mol. The number of nitrogens with zero attached hydrogens (tertiary/aromatic N) is 5. The second-order valence-corrected chi connectivity index (χ2v) is 22.1. The van der Waals surface area contributed by atoms with Crippen LogP contribution in [0.3, 0.4) is 0 Å². The van der Waals surface area contributed by atoms with E-state index in [9.17, 15) is 100 Å². The molecule has 0 fully saturated rings. The van der Waals surface area contributed by atoms with Gasteiger partial charge < -0.3 is 68.5 Å². The molecule has 0 heterocycles. The van der Waals surface area contributed by atoms with Crippen molar-refractivity contribution in [1.29, 1.82) is 0 Å². The molecule has 0 aliphatic rings. The first-order chi connectivity index (χ1) is 21.1. The molecular weight excluding hydrogens is 826 g/mol. The Bertz CT molecular complexity index is 1200. The Morgan fingerprint density at radius 2 is 0.347 bits per heavy atom. The third kappa shape index (κ3) is 35.3. The molecular formula is C15H44N5NaO21P7+. The molecule has 0 atom stereocenters. The zero-order valence-corrected chi connectivity index (χ0v) is 34.4. The predicted molar refractivity (Wildman–Crippen MR) is 167 cm³/mol. The largest absolute Gasteiger partial charge is 1.00 e. The fraction of sp³-hybridized carbons (Fsp3) is 1.00. The van der Waals surface area contributed by atoms with Gasteiger partial charge in [-0.15, -0.1) is 0 Å². The molecule has 0 saturated carbocycles. The van der Waals surface area contributed by atoms with E-state index in [1.807, 2.05) is 0 Å². The minimum atomic E-state index is -4.86. The molecule has 14 N–H and O–H groups in total. The maximum atomic E-state index is 11.8. The van der Waals surface area contributed by atoms with E-state index in [0.29, 0.717) is 9.80 Å². The van der Waals surface area contributed by atoms with E-state index in [2.05, 4.69) is 0 Å². The van der Waals surface area contributed by atoms with Gasteiger partial charge in [0.25, 0.3) is 0 Å². The molecule has 0 aliphatic carbocycles. The molecule has 49 heavy (non-hydrogen) atoms. The van der Waals surface area contributed by atoms with Crippen LogP contribution in [0.4, 0.5) is 0 Å². The van der Waals surface area contributed by atoms with Crippen molar-refractivity contribution in [1.82, 2.24) is 24.5 Å². The van der Waals surface area contributed by atoms with Crippen molar-refractivity contribution in [3.8, 4) is 0 Å². The van der Waals surface area contributed by atoms with Crippen molar-refractivity contribution in [2.24, 2.45) is 0 Å². The van der Waals surface area contributed by atoms with Crippen molar-refractivity contribution < 1.29 is 130 Å². The maximum absolute atomic E-state index is 11.8. The van der Waals surface area contributed by atoms with Crippen LogP contribution in [0, 0.1) is 0 Å². The smallest absolute Gasteiger partial charge is 0.324 e. The van der Waals surface area contributed by atoms with Crippen molar-refractivity contribution in [2.75, 3.05) is 96.4 Å². The van der Waals surface area contributed by atoms with Crippen molar-refractivity contribution in [3.63, 3.8) is 0 Å². The molecule has 0 radical (unpaired) electrons. The molecule has 0 rings (SSSR count). The van der Waals surface area contributed by atoms with Gasteiger partial charge in [-0.2, -0.15) is 0 Å². The normalized spacial score (nSPS) is 14.4. The van der Waals surface area contributed by atoms with Gasteiger partial charge in [-0.1, -0.05) is 0 Å². The molecule has 0 aromatic carbocycles. The second-order valence-electron chi connectivity index (χ2n) is 10.8. The summed E-state index contributed by atoms with van der Waals surface area (Å²) < 4.78 is 81.0. The molecule has 0 bridgehead atoms. The quantitative estimate of drug-likeness (QED) is 0.0284. The Labute approximate surface area is 302 Å². The Balaban J connectivity index is 0. The first-order valence-corrected chi connectivity index (χ1v) is 25.6. The summed E-state index contributed by atoms with van der Waals surface area (Å²) in [6.07, 6.45) is -7.50. The van der Waals surface area contributed by atoms with E-state index >= 15 is 0 Å². The molecule has 34 heteroatoms. The van der Waals surface area contributed by atoms with Crippen LogP contribution in [0.1, 0.15) is 0 Å². The molecule has 26 nitrogen and oxygen atoms in total. The van der Waals surface area contributed by atoms with Crippen LogP contribution in [0.2, 0.25) is 0 Å². The summed E-state index contributed by atoms with van der Waals surface area (Å²) in [5.74, 6) is 0. The molecule has 0 amide bonds. The van der Waals surface area contributed by atoms with Crippen LogP contribution in [-0.4, -0.2) is 189 Å². The molecule has 0 saturated heterocycles. The Hall–Kier alpha value is 1.85. The fourth-order valence-electron chi connectivity index (χ4n) is 4.09. The van der Waals surface area contributed by atoms with Crippen molar-refractivity contribution in [3.05, 3.63) is 0 Å². The van der Waals surface area contributed by atoms with Crippen LogP contribution < -0.4 is 29.6 Å². The SMILES string of the molecule is O=P(O)(O)CN(CCN(CCN(CP(=O)(O)O)CP(=O)(O)O)CP(=O)(O)O)CCN(CCN(CP(=O)(O)O)CP(=O)(O)O)CP(=O)(O)O.[Na+]. The Kier molecular flexibility index (Phi) is 23.6.